The van der Waals surface area contributed by atoms with E-state index in [0.717, 1.165) is 43.6 Å². The molecule has 2 heterocycles. The Morgan fingerprint density at radius 3 is 3.00 bits per heavy atom. The molecule has 0 bridgehead atoms. The molecule has 3 rings (SSSR count). The van der Waals surface area contributed by atoms with Gasteiger partial charge in [-0.15, -0.1) is 0 Å². The van der Waals surface area contributed by atoms with E-state index >= 15 is 0 Å². The highest BCUT2D eigenvalue weighted by atomic mass is 16.3. The molecule has 1 amide bonds. The largest absolute Gasteiger partial charge is 0.388 e. The van der Waals surface area contributed by atoms with E-state index in [1.54, 1.807) is 0 Å². The van der Waals surface area contributed by atoms with Crippen LogP contribution < -0.4 is 10.2 Å². The Kier molecular flexibility index (Phi) is 4.15. The Morgan fingerprint density at radius 2 is 2.19 bits per heavy atom. The summed E-state index contributed by atoms with van der Waals surface area (Å²) in [4.78, 5) is 13.9. The van der Waals surface area contributed by atoms with Crippen LogP contribution in [0.15, 0.2) is 24.3 Å². The second kappa shape index (κ2) is 6.06. The number of nitrogens with one attached hydrogen (secondary N) is 1. The number of nitrogens with zero attached hydrogens (tertiary/aromatic N) is 1. The summed E-state index contributed by atoms with van der Waals surface area (Å²) in [5, 5.41) is 13.3. The quantitative estimate of drug-likeness (QED) is 0.897. The molecule has 2 unspecified atom stereocenters. The molecular weight excluding hydrogens is 264 g/mol. The maximum Gasteiger partial charge on any atom is 0.220 e. The molecule has 2 fully saturated rings. The maximum atomic E-state index is 11.5. The van der Waals surface area contributed by atoms with Crippen LogP contribution in [0.4, 0.5) is 5.69 Å². The second-order valence-electron chi connectivity index (χ2n) is 6.19. The van der Waals surface area contributed by atoms with E-state index in [4.69, 9.17) is 0 Å². The van der Waals surface area contributed by atoms with E-state index in [9.17, 15) is 9.90 Å². The minimum atomic E-state index is -0.398. The highest BCUT2D eigenvalue weighted by Crippen LogP contribution is 2.33. The number of fused-ring (bicyclic) bond motifs is 1. The van der Waals surface area contributed by atoms with Crippen LogP contribution in [0.2, 0.25) is 0 Å². The molecule has 2 aliphatic rings. The molecule has 0 aliphatic carbocycles. The van der Waals surface area contributed by atoms with Gasteiger partial charge in [0.25, 0.3) is 0 Å². The number of para-hydroxylation sites is 1. The van der Waals surface area contributed by atoms with Gasteiger partial charge in [0.05, 0.1) is 6.10 Å². The van der Waals surface area contributed by atoms with Gasteiger partial charge in [0.1, 0.15) is 0 Å². The van der Waals surface area contributed by atoms with Gasteiger partial charge in [0.15, 0.2) is 0 Å². The number of hydrogen-bond acceptors (Lipinski definition) is 3. The molecule has 1 aromatic rings. The van der Waals surface area contributed by atoms with Gasteiger partial charge in [-0.2, -0.15) is 0 Å². The smallest absolute Gasteiger partial charge is 0.220 e. The summed E-state index contributed by atoms with van der Waals surface area (Å²) < 4.78 is 0. The third-order valence-electron chi connectivity index (χ3n) is 4.85. The first-order chi connectivity index (χ1) is 10.2. The van der Waals surface area contributed by atoms with Crippen molar-refractivity contribution >= 4 is 11.6 Å². The third-order valence-corrected chi connectivity index (χ3v) is 4.85. The molecule has 114 valence electrons. The number of carbonyl (C=O) groups is 1. The summed E-state index contributed by atoms with van der Waals surface area (Å²) in [6.07, 6.45) is 2.95. The molecule has 4 nitrogen and oxygen atoms in total. The summed E-state index contributed by atoms with van der Waals surface area (Å²) in [7, 11) is 0. The van der Waals surface area contributed by atoms with Crippen molar-refractivity contribution in [1.82, 2.24) is 5.32 Å². The molecule has 0 aromatic heterocycles. The van der Waals surface area contributed by atoms with Crippen molar-refractivity contribution in [1.29, 1.82) is 0 Å². The Morgan fingerprint density at radius 1 is 1.38 bits per heavy atom. The zero-order valence-electron chi connectivity index (χ0n) is 12.6. The average molecular weight is 288 g/mol. The number of anilines is 1. The SMILES string of the molecule is CC[C@H](O)c1ccccc1N1CCC2NC(=O)CCC2C1. The normalized spacial score (nSPS) is 27.0. The molecule has 21 heavy (non-hydrogen) atoms. The summed E-state index contributed by atoms with van der Waals surface area (Å²) >= 11 is 0. The van der Waals surface area contributed by atoms with Crippen molar-refractivity contribution in [3.05, 3.63) is 29.8 Å². The molecule has 1 aromatic carbocycles. The third kappa shape index (κ3) is 2.91. The van der Waals surface area contributed by atoms with Crippen LogP contribution in [0.5, 0.6) is 0 Å². The van der Waals surface area contributed by atoms with Gasteiger partial charge in [-0.05, 0) is 31.2 Å². The fourth-order valence-corrected chi connectivity index (χ4v) is 3.61. The van der Waals surface area contributed by atoms with E-state index in [-0.39, 0.29) is 5.91 Å². The Labute approximate surface area is 126 Å². The van der Waals surface area contributed by atoms with Crippen LogP contribution in [-0.4, -0.2) is 30.1 Å². The van der Waals surface area contributed by atoms with Crippen molar-refractivity contribution in [3.63, 3.8) is 0 Å². The Balaban J connectivity index is 1.78. The zero-order valence-corrected chi connectivity index (χ0v) is 12.6. The molecule has 2 N–H and O–H groups in total. The van der Waals surface area contributed by atoms with Gasteiger partial charge >= 0.3 is 0 Å². The topological polar surface area (TPSA) is 52.6 Å². The number of rotatable bonds is 3. The highest BCUT2D eigenvalue weighted by molar-refractivity contribution is 5.77. The van der Waals surface area contributed by atoms with Crippen molar-refractivity contribution in [2.24, 2.45) is 5.92 Å². The van der Waals surface area contributed by atoms with E-state index in [0.29, 0.717) is 18.4 Å². The number of amides is 1. The van der Waals surface area contributed by atoms with E-state index in [1.807, 2.05) is 25.1 Å². The van der Waals surface area contributed by atoms with Crippen LogP contribution in [0.25, 0.3) is 0 Å². The lowest BCUT2D eigenvalue weighted by Gasteiger charge is -2.43. The Hall–Kier alpha value is -1.55. The zero-order chi connectivity index (χ0) is 14.8. The fourth-order valence-electron chi connectivity index (χ4n) is 3.61. The lowest BCUT2D eigenvalue weighted by molar-refractivity contribution is -0.124. The van der Waals surface area contributed by atoms with E-state index in [2.05, 4.69) is 16.3 Å². The monoisotopic (exact) mass is 288 g/mol. The molecule has 0 radical (unpaired) electrons. The fraction of sp³-hybridized carbons (Fsp3) is 0.588. The van der Waals surface area contributed by atoms with Crippen molar-refractivity contribution in [2.45, 2.75) is 44.8 Å². The summed E-state index contributed by atoms with van der Waals surface area (Å²) in [5.74, 6) is 0.731. The molecule has 0 spiro atoms. The number of aliphatic hydroxyl groups excluding tert-OH is 1. The molecule has 3 atom stereocenters. The maximum absolute atomic E-state index is 11.5. The van der Waals surface area contributed by atoms with Crippen LogP contribution in [0.1, 0.15) is 44.3 Å². The number of aliphatic hydroxyl groups is 1. The van der Waals surface area contributed by atoms with Crippen LogP contribution in [0.3, 0.4) is 0 Å². The van der Waals surface area contributed by atoms with Gasteiger partial charge in [-0.1, -0.05) is 25.1 Å². The molecule has 2 saturated heterocycles. The lowest BCUT2D eigenvalue weighted by Crippen LogP contribution is -2.54. The Bertz CT molecular complexity index is 517. The van der Waals surface area contributed by atoms with Gasteiger partial charge in [0.2, 0.25) is 5.91 Å². The van der Waals surface area contributed by atoms with Gasteiger partial charge in [-0.25, -0.2) is 0 Å². The minimum absolute atomic E-state index is 0.200. The van der Waals surface area contributed by atoms with Crippen molar-refractivity contribution < 1.29 is 9.90 Å². The minimum Gasteiger partial charge on any atom is -0.388 e. The molecule has 4 heteroatoms. The van der Waals surface area contributed by atoms with Gasteiger partial charge in [-0.3, -0.25) is 4.79 Å². The predicted molar refractivity (Wildman–Crippen MR) is 83.2 cm³/mol. The standard InChI is InChI=1S/C17H24N2O2/c1-2-16(20)13-5-3-4-6-15(13)19-10-9-14-12(11-19)7-8-17(21)18-14/h3-6,12,14,16,20H,2,7-11H2,1H3,(H,18,21)/t12?,14?,16-/m0/s1. The first-order valence-electron chi connectivity index (χ1n) is 8.00. The summed E-state index contributed by atoms with van der Waals surface area (Å²) in [6.45, 7) is 3.91. The number of carbonyl (C=O) groups excluding carboxylic acids is 1. The van der Waals surface area contributed by atoms with Crippen LogP contribution >= 0.6 is 0 Å². The highest BCUT2D eigenvalue weighted by Gasteiger charge is 2.34. The van der Waals surface area contributed by atoms with Gasteiger partial charge in [0, 0.05) is 36.8 Å². The molecule has 2 aliphatic heterocycles. The number of benzene rings is 1. The average Bonchev–Trinajstić information content (AvgIpc) is 2.53. The van der Waals surface area contributed by atoms with Crippen molar-refractivity contribution in [2.75, 3.05) is 18.0 Å². The number of hydrogen-bond donors (Lipinski definition) is 2. The molecule has 0 saturated carbocycles. The van der Waals surface area contributed by atoms with E-state index < -0.39 is 6.10 Å². The first-order valence-corrected chi connectivity index (χ1v) is 8.00. The van der Waals surface area contributed by atoms with Gasteiger partial charge < -0.3 is 15.3 Å². The first kappa shape index (κ1) is 14.4. The summed E-state index contributed by atoms with van der Waals surface area (Å²) in [6, 6.07) is 8.50. The number of piperidine rings is 2. The summed E-state index contributed by atoms with van der Waals surface area (Å²) in [5.41, 5.74) is 2.18. The predicted octanol–water partition coefficient (Wildman–Crippen LogP) is 2.23. The molecular formula is C17H24N2O2. The van der Waals surface area contributed by atoms with Crippen LogP contribution in [0, 0.1) is 5.92 Å². The second-order valence-corrected chi connectivity index (χ2v) is 6.19. The lowest BCUT2D eigenvalue weighted by atomic mass is 9.84. The van der Waals surface area contributed by atoms with Crippen molar-refractivity contribution in [3.8, 4) is 0 Å². The van der Waals surface area contributed by atoms with E-state index in [1.165, 1.54) is 0 Å². The van der Waals surface area contributed by atoms with Crippen LogP contribution in [-0.2, 0) is 4.79 Å².